The van der Waals surface area contributed by atoms with Gasteiger partial charge in [0.2, 0.25) is 5.91 Å². The number of likely N-dealkylation sites (tertiary alicyclic amines) is 1. The third-order valence-electron chi connectivity index (χ3n) is 6.34. The average molecular weight is 427 g/mol. The molecule has 2 aromatic carbocycles. The van der Waals surface area contributed by atoms with Crippen molar-refractivity contribution in [1.29, 1.82) is 0 Å². The molecule has 7 heteroatoms. The van der Waals surface area contributed by atoms with Gasteiger partial charge in [0.15, 0.2) is 0 Å². The summed E-state index contributed by atoms with van der Waals surface area (Å²) in [6.07, 6.45) is 1.15. The molecular formula is C24H27F2N3O2. The Morgan fingerprint density at radius 3 is 2.39 bits per heavy atom. The van der Waals surface area contributed by atoms with E-state index in [1.807, 2.05) is 18.7 Å². The van der Waals surface area contributed by atoms with Gasteiger partial charge in [0.05, 0.1) is 11.7 Å². The molecule has 0 aromatic heterocycles. The molecule has 2 saturated heterocycles. The molecule has 1 atom stereocenters. The number of benzene rings is 2. The number of rotatable bonds is 4. The predicted molar refractivity (Wildman–Crippen MR) is 113 cm³/mol. The van der Waals surface area contributed by atoms with E-state index in [1.165, 1.54) is 30.3 Å². The molecule has 164 valence electrons. The lowest BCUT2D eigenvalue weighted by Crippen LogP contribution is -2.59. The van der Waals surface area contributed by atoms with Crippen LogP contribution >= 0.6 is 0 Å². The summed E-state index contributed by atoms with van der Waals surface area (Å²) < 4.78 is 26.9. The maximum Gasteiger partial charge on any atom is 0.253 e. The first kappa shape index (κ1) is 21.4. The number of hydrogen-bond donors (Lipinski definition) is 1. The van der Waals surface area contributed by atoms with Gasteiger partial charge >= 0.3 is 0 Å². The van der Waals surface area contributed by atoms with Gasteiger partial charge in [-0.3, -0.25) is 14.9 Å². The molecule has 2 heterocycles. The second-order valence-electron chi connectivity index (χ2n) is 8.75. The number of halogens is 2. The van der Waals surface area contributed by atoms with Crippen LogP contribution in [0, 0.1) is 17.6 Å². The second kappa shape index (κ2) is 8.38. The Bertz CT molecular complexity index is 969. The van der Waals surface area contributed by atoms with Crippen molar-refractivity contribution in [2.24, 2.45) is 5.92 Å². The van der Waals surface area contributed by atoms with Crippen molar-refractivity contribution in [3.63, 3.8) is 0 Å². The van der Waals surface area contributed by atoms with Crippen molar-refractivity contribution in [2.75, 3.05) is 13.1 Å². The summed E-state index contributed by atoms with van der Waals surface area (Å²) in [6, 6.07) is 11.6. The van der Waals surface area contributed by atoms with E-state index in [0.29, 0.717) is 38.0 Å². The number of piperidine rings is 1. The molecule has 0 aliphatic carbocycles. The quantitative estimate of drug-likeness (QED) is 0.812. The Hall–Kier alpha value is -2.80. The second-order valence-corrected chi connectivity index (χ2v) is 8.75. The Morgan fingerprint density at radius 2 is 1.77 bits per heavy atom. The molecule has 0 unspecified atom stereocenters. The normalized spacial score (nSPS) is 20.7. The Balaban J connectivity index is 1.53. The number of amides is 2. The lowest BCUT2D eigenvalue weighted by molar-refractivity contribution is -0.134. The fraction of sp³-hybridized carbons (Fsp3) is 0.417. The molecule has 2 aliphatic rings. The van der Waals surface area contributed by atoms with Gasteiger partial charge in [-0.2, -0.15) is 0 Å². The molecule has 0 bridgehead atoms. The molecule has 4 rings (SSSR count). The summed E-state index contributed by atoms with van der Waals surface area (Å²) in [4.78, 5) is 29.6. The van der Waals surface area contributed by atoms with Crippen LogP contribution in [-0.2, 0) is 11.3 Å². The van der Waals surface area contributed by atoms with Crippen molar-refractivity contribution in [3.8, 4) is 0 Å². The number of carbonyl (C=O) groups is 2. The fourth-order valence-electron chi connectivity index (χ4n) is 4.56. The van der Waals surface area contributed by atoms with Crippen molar-refractivity contribution in [1.82, 2.24) is 15.1 Å². The van der Waals surface area contributed by atoms with Crippen LogP contribution in [-0.4, -0.2) is 46.4 Å². The van der Waals surface area contributed by atoms with Gasteiger partial charge in [0, 0.05) is 38.0 Å². The van der Waals surface area contributed by atoms with Crippen LogP contribution in [0.2, 0.25) is 0 Å². The summed E-state index contributed by atoms with van der Waals surface area (Å²) >= 11 is 0. The van der Waals surface area contributed by atoms with E-state index in [4.69, 9.17) is 0 Å². The Morgan fingerprint density at radius 1 is 1.10 bits per heavy atom. The Kier molecular flexibility index (Phi) is 5.79. The zero-order chi connectivity index (χ0) is 22.2. The first-order valence-corrected chi connectivity index (χ1v) is 10.7. The van der Waals surface area contributed by atoms with E-state index in [0.717, 1.165) is 5.56 Å². The molecule has 2 amide bonds. The van der Waals surface area contributed by atoms with Gasteiger partial charge in [0.1, 0.15) is 11.6 Å². The van der Waals surface area contributed by atoms with E-state index < -0.39 is 11.5 Å². The van der Waals surface area contributed by atoms with Crippen LogP contribution in [0.25, 0.3) is 0 Å². The smallest absolute Gasteiger partial charge is 0.253 e. The van der Waals surface area contributed by atoms with Crippen LogP contribution in [0.5, 0.6) is 0 Å². The van der Waals surface area contributed by atoms with Gasteiger partial charge < -0.3 is 9.80 Å². The molecule has 2 aromatic rings. The molecule has 1 spiro atoms. The van der Waals surface area contributed by atoms with Crippen LogP contribution in [0.3, 0.4) is 0 Å². The summed E-state index contributed by atoms with van der Waals surface area (Å²) in [5.74, 6) is -0.802. The molecule has 1 N–H and O–H groups in total. The van der Waals surface area contributed by atoms with Crippen molar-refractivity contribution < 1.29 is 18.4 Å². The minimum absolute atomic E-state index is 0.0317. The standard InChI is InChI=1S/C24H27F2N3O2/c1-16(2)21-23(31)29(15-17-6-8-19(25)9-7-17)24(27-21)10-12-28(13-11-24)22(30)18-4-3-5-20(26)14-18/h3-9,14,16,21,27H,10-13,15H2,1-2H3/t21-/m1/s1. The predicted octanol–water partition coefficient (Wildman–Crippen LogP) is 3.55. The Labute approximate surface area is 181 Å². The minimum Gasteiger partial charge on any atom is -0.338 e. The van der Waals surface area contributed by atoms with Crippen LogP contribution in [0.4, 0.5) is 8.78 Å². The lowest BCUT2D eigenvalue weighted by Gasteiger charge is -2.44. The molecule has 31 heavy (non-hydrogen) atoms. The largest absolute Gasteiger partial charge is 0.338 e. The van der Waals surface area contributed by atoms with Crippen molar-refractivity contribution in [3.05, 3.63) is 71.3 Å². The zero-order valence-electron chi connectivity index (χ0n) is 17.8. The number of carbonyl (C=O) groups excluding carboxylic acids is 2. The molecular weight excluding hydrogens is 400 g/mol. The van der Waals surface area contributed by atoms with Crippen LogP contribution < -0.4 is 5.32 Å². The average Bonchev–Trinajstić information content (AvgIpc) is 3.02. The van der Waals surface area contributed by atoms with Gasteiger partial charge in [0.25, 0.3) is 5.91 Å². The van der Waals surface area contributed by atoms with Gasteiger partial charge in [-0.15, -0.1) is 0 Å². The number of nitrogens with zero attached hydrogens (tertiary/aromatic N) is 2. The van der Waals surface area contributed by atoms with Crippen molar-refractivity contribution >= 4 is 11.8 Å². The van der Waals surface area contributed by atoms with E-state index in [1.54, 1.807) is 23.1 Å². The SMILES string of the molecule is CC(C)[C@H]1NC2(CCN(C(=O)c3cccc(F)c3)CC2)N(Cc2ccc(F)cc2)C1=O. The first-order valence-electron chi connectivity index (χ1n) is 10.7. The fourth-order valence-corrected chi connectivity index (χ4v) is 4.56. The summed E-state index contributed by atoms with van der Waals surface area (Å²) in [5, 5.41) is 3.55. The molecule has 5 nitrogen and oxygen atoms in total. The minimum atomic E-state index is -0.556. The van der Waals surface area contributed by atoms with E-state index in [-0.39, 0.29) is 29.6 Å². The van der Waals surface area contributed by atoms with Gasteiger partial charge in [-0.25, -0.2) is 8.78 Å². The summed E-state index contributed by atoms with van der Waals surface area (Å²) in [5.41, 5.74) is 0.632. The van der Waals surface area contributed by atoms with Gasteiger partial charge in [-0.05, 0) is 41.8 Å². The molecule has 2 aliphatic heterocycles. The van der Waals surface area contributed by atoms with E-state index in [2.05, 4.69) is 5.32 Å². The summed E-state index contributed by atoms with van der Waals surface area (Å²) in [7, 11) is 0. The lowest BCUT2D eigenvalue weighted by atomic mass is 9.94. The number of hydrogen-bond acceptors (Lipinski definition) is 3. The highest BCUT2D eigenvalue weighted by molar-refractivity contribution is 5.94. The van der Waals surface area contributed by atoms with Crippen LogP contribution in [0.15, 0.2) is 48.5 Å². The maximum absolute atomic E-state index is 13.5. The zero-order valence-corrected chi connectivity index (χ0v) is 17.8. The molecule has 2 fully saturated rings. The van der Waals surface area contributed by atoms with Crippen LogP contribution in [0.1, 0.15) is 42.6 Å². The highest BCUT2D eigenvalue weighted by Gasteiger charge is 2.52. The third kappa shape index (κ3) is 4.19. The maximum atomic E-state index is 13.5. The van der Waals surface area contributed by atoms with E-state index >= 15 is 0 Å². The number of nitrogens with one attached hydrogen (secondary N) is 1. The molecule has 0 radical (unpaired) electrons. The molecule has 0 saturated carbocycles. The van der Waals surface area contributed by atoms with Crippen molar-refractivity contribution in [2.45, 2.75) is 44.9 Å². The van der Waals surface area contributed by atoms with E-state index in [9.17, 15) is 18.4 Å². The third-order valence-corrected chi connectivity index (χ3v) is 6.34. The van der Waals surface area contributed by atoms with Gasteiger partial charge in [-0.1, -0.05) is 32.0 Å². The monoisotopic (exact) mass is 427 g/mol. The highest BCUT2D eigenvalue weighted by Crippen LogP contribution is 2.36. The topological polar surface area (TPSA) is 52.7 Å². The highest BCUT2D eigenvalue weighted by atomic mass is 19.1. The summed E-state index contributed by atoms with van der Waals surface area (Å²) in [6.45, 7) is 5.31. The first-order chi connectivity index (χ1) is 14.8.